The van der Waals surface area contributed by atoms with E-state index in [1.54, 1.807) is 7.05 Å². The molecule has 2 rings (SSSR count). The van der Waals surface area contributed by atoms with Crippen LogP contribution >= 0.6 is 0 Å². The lowest BCUT2D eigenvalue weighted by atomic mass is 10.1. The minimum atomic E-state index is -0.166. The van der Waals surface area contributed by atoms with Crippen LogP contribution in [0.5, 0.6) is 0 Å². The molecule has 2 N–H and O–H groups in total. The van der Waals surface area contributed by atoms with Crippen LogP contribution in [0, 0.1) is 0 Å². The summed E-state index contributed by atoms with van der Waals surface area (Å²) in [5.74, 6) is 1.05. The molecule has 1 atom stereocenters. The second kappa shape index (κ2) is 4.67. The number of hydrogen-bond acceptors (Lipinski definition) is 3. The maximum absolute atomic E-state index is 12.0. The fraction of sp³-hybridized carbons (Fsp3) is 0.385. The van der Waals surface area contributed by atoms with E-state index < -0.39 is 0 Å². The molecule has 4 heteroatoms. The average Bonchev–Trinajstić information content (AvgIpc) is 2.78. The Hall–Kier alpha value is -1.68. The van der Waals surface area contributed by atoms with Gasteiger partial charge < -0.3 is 10.3 Å². The fourth-order valence-corrected chi connectivity index (χ4v) is 1.76. The Labute approximate surface area is 100 Å². The Bertz CT molecular complexity index is 545. The number of likely N-dealkylation sites (N-methyl/N-ethyl adjacent to an activating group) is 1. The Kier molecular flexibility index (Phi) is 3.24. The molecule has 90 valence electrons. The number of ketones is 1. The van der Waals surface area contributed by atoms with Crippen molar-refractivity contribution in [1.82, 2.24) is 15.3 Å². The van der Waals surface area contributed by atoms with E-state index in [0.29, 0.717) is 5.56 Å². The molecule has 1 heterocycles. The van der Waals surface area contributed by atoms with Gasteiger partial charge in [-0.25, -0.2) is 4.98 Å². The number of nitrogens with one attached hydrogen (secondary N) is 2. The molecule has 17 heavy (non-hydrogen) atoms. The number of aromatic amines is 1. The minimum Gasteiger partial charge on any atom is -0.342 e. The average molecular weight is 231 g/mol. The molecule has 0 radical (unpaired) electrons. The van der Waals surface area contributed by atoms with Crippen LogP contribution in [0.4, 0.5) is 0 Å². The van der Waals surface area contributed by atoms with Crippen LogP contribution in [0.1, 0.15) is 30.0 Å². The molecule has 2 aromatic rings. The molecule has 0 aliphatic heterocycles. The van der Waals surface area contributed by atoms with Crippen molar-refractivity contribution in [2.75, 3.05) is 7.05 Å². The molecule has 0 bridgehead atoms. The highest BCUT2D eigenvalue weighted by atomic mass is 16.1. The van der Waals surface area contributed by atoms with Gasteiger partial charge in [0.25, 0.3) is 0 Å². The van der Waals surface area contributed by atoms with Crippen molar-refractivity contribution >= 4 is 16.8 Å². The minimum absolute atomic E-state index is 0.0991. The molecule has 0 amide bonds. The van der Waals surface area contributed by atoms with Crippen LogP contribution in [-0.4, -0.2) is 28.8 Å². The number of fused-ring (bicyclic) bond motifs is 1. The summed E-state index contributed by atoms with van der Waals surface area (Å²) in [5, 5.41) is 2.95. The highest BCUT2D eigenvalue weighted by Gasteiger charge is 2.14. The predicted octanol–water partition coefficient (Wildman–Crippen LogP) is 1.92. The lowest BCUT2D eigenvalue weighted by molar-refractivity contribution is 0.0955. The molecule has 4 nitrogen and oxygen atoms in total. The fourth-order valence-electron chi connectivity index (χ4n) is 1.76. The number of hydrogen-bond donors (Lipinski definition) is 2. The quantitative estimate of drug-likeness (QED) is 0.790. The highest BCUT2D eigenvalue weighted by Crippen LogP contribution is 2.15. The van der Waals surface area contributed by atoms with E-state index in [2.05, 4.69) is 15.3 Å². The third-order valence-corrected chi connectivity index (χ3v) is 2.98. The van der Waals surface area contributed by atoms with Gasteiger partial charge in [0, 0.05) is 12.0 Å². The van der Waals surface area contributed by atoms with Crippen molar-refractivity contribution in [2.45, 2.75) is 26.3 Å². The first-order chi connectivity index (χ1) is 8.15. The summed E-state index contributed by atoms with van der Waals surface area (Å²) in [7, 11) is 1.78. The molecule has 0 aliphatic rings. The zero-order valence-electron chi connectivity index (χ0n) is 10.4. The number of aromatic nitrogens is 2. The van der Waals surface area contributed by atoms with E-state index >= 15 is 0 Å². The largest absolute Gasteiger partial charge is 0.342 e. The van der Waals surface area contributed by atoms with E-state index in [-0.39, 0.29) is 11.8 Å². The molecule has 1 aromatic heterocycles. The molecule has 0 spiro atoms. The number of carbonyl (C=O) groups is 1. The first-order valence-corrected chi connectivity index (χ1v) is 5.85. The Morgan fingerprint density at radius 1 is 1.53 bits per heavy atom. The van der Waals surface area contributed by atoms with E-state index in [1.165, 1.54) is 0 Å². The number of Topliss-reactive ketones (excluding diaryl/α,β-unsaturated/α-hetero) is 1. The Balaban J connectivity index is 2.40. The van der Waals surface area contributed by atoms with Gasteiger partial charge in [-0.1, -0.05) is 6.92 Å². The van der Waals surface area contributed by atoms with Crippen molar-refractivity contribution < 1.29 is 4.79 Å². The van der Waals surface area contributed by atoms with Gasteiger partial charge in [-0.2, -0.15) is 0 Å². The van der Waals surface area contributed by atoms with Crippen LogP contribution in [0.25, 0.3) is 11.0 Å². The van der Waals surface area contributed by atoms with E-state index in [1.807, 2.05) is 32.0 Å². The van der Waals surface area contributed by atoms with Crippen LogP contribution in [0.3, 0.4) is 0 Å². The molecule has 0 saturated carbocycles. The van der Waals surface area contributed by atoms with Gasteiger partial charge in [0.15, 0.2) is 5.78 Å². The van der Waals surface area contributed by atoms with Gasteiger partial charge in [0.2, 0.25) is 0 Å². The Morgan fingerprint density at radius 3 is 2.94 bits per heavy atom. The molecular weight excluding hydrogens is 214 g/mol. The standard InChI is InChI=1S/C13H17N3O/c1-4-12-15-10-6-5-9(7-11(10)16-12)13(17)8(2)14-3/h5-8,14H,4H2,1-3H3,(H,15,16). The van der Waals surface area contributed by atoms with Gasteiger partial charge in [0.05, 0.1) is 17.1 Å². The molecule has 1 unspecified atom stereocenters. The topological polar surface area (TPSA) is 57.8 Å². The van der Waals surface area contributed by atoms with Gasteiger partial charge in [-0.3, -0.25) is 4.79 Å². The van der Waals surface area contributed by atoms with Gasteiger partial charge in [-0.15, -0.1) is 0 Å². The van der Waals surface area contributed by atoms with Crippen LogP contribution in [0.2, 0.25) is 0 Å². The number of imidazole rings is 1. The SMILES string of the molecule is CCc1nc2ccc(C(=O)C(C)NC)cc2[nH]1. The normalized spacial score (nSPS) is 12.9. The summed E-state index contributed by atoms with van der Waals surface area (Å²) in [6.45, 7) is 3.91. The van der Waals surface area contributed by atoms with Crippen molar-refractivity contribution in [3.05, 3.63) is 29.6 Å². The molecular formula is C13H17N3O. The number of H-pyrrole nitrogens is 1. The molecule has 0 saturated heterocycles. The second-order valence-corrected chi connectivity index (χ2v) is 4.14. The Morgan fingerprint density at radius 2 is 2.29 bits per heavy atom. The summed E-state index contributed by atoms with van der Waals surface area (Å²) in [6, 6.07) is 5.43. The van der Waals surface area contributed by atoms with Crippen LogP contribution in [0.15, 0.2) is 18.2 Å². The third kappa shape index (κ3) is 2.22. The monoisotopic (exact) mass is 231 g/mol. The predicted molar refractivity (Wildman–Crippen MR) is 68.3 cm³/mol. The number of benzene rings is 1. The van der Waals surface area contributed by atoms with Crippen molar-refractivity contribution in [2.24, 2.45) is 0 Å². The van der Waals surface area contributed by atoms with Crippen molar-refractivity contribution in [3.63, 3.8) is 0 Å². The smallest absolute Gasteiger partial charge is 0.179 e. The summed E-state index contributed by atoms with van der Waals surface area (Å²) in [6.07, 6.45) is 0.866. The highest BCUT2D eigenvalue weighted by molar-refractivity contribution is 6.02. The number of rotatable bonds is 4. The van der Waals surface area contributed by atoms with Crippen LogP contribution in [-0.2, 0) is 6.42 Å². The number of carbonyl (C=O) groups excluding carboxylic acids is 1. The van der Waals surface area contributed by atoms with Gasteiger partial charge in [0.1, 0.15) is 5.82 Å². The van der Waals surface area contributed by atoms with Gasteiger partial charge in [-0.05, 0) is 32.2 Å². The van der Waals surface area contributed by atoms with Crippen molar-refractivity contribution in [3.8, 4) is 0 Å². The lowest BCUT2D eigenvalue weighted by Crippen LogP contribution is -2.30. The molecule has 1 aromatic carbocycles. The van der Waals surface area contributed by atoms with E-state index in [9.17, 15) is 4.79 Å². The molecule has 0 aliphatic carbocycles. The maximum atomic E-state index is 12.0. The summed E-state index contributed by atoms with van der Waals surface area (Å²) >= 11 is 0. The molecule has 0 fully saturated rings. The second-order valence-electron chi connectivity index (χ2n) is 4.14. The third-order valence-electron chi connectivity index (χ3n) is 2.98. The van der Waals surface area contributed by atoms with Crippen molar-refractivity contribution in [1.29, 1.82) is 0 Å². The van der Waals surface area contributed by atoms with E-state index in [0.717, 1.165) is 23.3 Å². The zero-order valence-corrected chi connectivity index (χ0v) is 10.4. The van der Waals surface area contributed by atoms with Gasteiger partial charge >= 0.3 is 0 Å². The summed E-state index contributed by atoms with van der Waals surface area (Å²) < 4.78 is 0. The summed E-state index contributed by atoms with van der Waals surface area (Å²) in [4.78, 5) is 19.6. The number of aryl methyl sites for hydroxylation is 1. The first kappa shape index (κ1) is 11.8. The first-order valence-electron chi connectivity index (χ1n) is 5.85. The van der Waals surface area contributed by atoms with Crippen LogP contribution < -0.4 is 5.32 Å². The lowest BCUT2D eigenvalue weighted by Gasteiger charge is -2.08. The number of nitrogens with zero attached hydrogens (tertiary/aromatic N) is 1. The summed E-state index contributed by atoms with van der Waals surface area (Å²) in [5.41, 5.74) is 2.55. The maximum Gasteiger partial charge on any atom is 0.179 e. The van der Waals surface area contributed by atoms with E-state index in [4.69, 9.17) is 0 Å². The zero-order chi connectivity index (χ0) is 12.4.